The molecule has 3 aromatic rings. The van der Waals surface area contributed by atoms with Crippen LogP contribution in [0.3, 0.4) is 0 Å². The zero-order valence-corrected chi connectivity index (χ0v) is 13.7. The molecular formula is C13H10BrClFN3S. The molecule has 2 aromatic heterocycles. The van der Waals surface area contributed by atoms with Crippen LogP contribution >= 0.6 is 38.9 Å². The van der Waals surface area contributed by atoms with Crippen molar-refractivity contribution in [3.8, 4) is 0 Å². The Hall–Kier alpha value is -0.980. The Morgan fingerprint density at radius 3 is 2.85 bits per heavy atom. The van der Waals surface area contributed by atoms with Gasteiger partial charge < -0.3 is 4.57 Å². The van der Waals surface area contributed by atoms with Gasteiger partial charge in [-0.05, 0) is 28.9 Å². The van der Waals surface area contributed by atoms with Crippen molar-refractivity contribution in [3.63, 3.8) is 0 Å². The fourth-order valence-electron chi connectivity index (χ4n) is 2.09. The molecule has 1 aromatic carbocycles. The monoisotopic (exact) mass is 373 g/mol. The van der Waals surface area contributed by atoms with E-state index < -0.39 is 0 Å². The molecule has 0 bridgehead atoms. The summed E-state index contributed by atoms with van der Waals surface area (Å²) in [4.78, 5) is 8.83. The minimum absolute atomic E-state index is 0.275. The van der Waals surface area contributed by atoms with Crippen molar-refractivity contribution in [1.29, 1.82) is 0 Å². The van der Waals surface area contributed by atoms with Gasteiger partial charge in [0.15, 0.2) is 0 Å². The van der Waals surface area contributed by atoms with Gasteiger partial charge in [0.1, 0.15) is 11.6 Å². The second-order valence-electron chi connectivity index (χ2n) is 4.36. The standard InChI is InChI=1S/C13H10BrClFN3S/c1-7-17-8(6-20-7)5-19-12-2-9(14)10(16)3-11(12)18-13(19)4-15/h2-3,6H,4-5H2,1H3. The Morgan fingerprint density at radius 2 is 2.20 bits per heavy atom. The Labute approximate surface area is 132 Å². The number of benzene rings is 1. The first-order valence-corrected chi connectivity index (χ1v) is 8.10. The minimum atomic E-state index is -0.326. The van der Waals surface area contributed by atoms with Crippen molar-refractivity contribution < 1.29 is 4.39 Å². The quantitative estimate of drug-likeness (QED) is 0.632. The lowest BCUT2D eigenvalue weighted by molar-refractivity contribution is 0.622. The van der Waals surface area contributed by atoms with Crippen LogP contribution in [-0.2, 0) is 12.4 Å². The van der Waals surface area contributed by atoms with Crippen LogP contribution in [0.25, 0.3) is 11.0 Å². The van der Waals surface area contributed by atoms with Gasteiger partial charge in [-0.3, -0.25) is 0 Å². The Balaban J connectivity index is 2.14. The first-order chi connectivity index (χ1) is 9.58. The SMILES string of the molecule is Cc1nc(Cn2c(CCl)nc3cc(F)c(Br)cc32)cs1. The van der Waals surface area contributed by atoms with Gasteiger partial charge in [0.05, 0.1) is 38.6 Å². The predicted octanol–water partition coefficient (Wildman–Crippen LogP) is 4.49. The average molecular weight is 375 g/mol. The van der Waals surface area contributed by atoms with E-state index in [0.717, 1.165) is 16.2 Å². The van der Waals surface area contributed by atoms with Crippen molar-refractivity contribution in [2.45, 2.75) is 19.3 Å². The summed E-state index contributed by atoms with van der Waals surface area (Å²) in [5, 5.41) is 3.03. The lowest BCUT2D eigenvalue weighted by Crippen LogP contribution is -2.04. The third-order valence-corrected chi connectivity index (χ3v) is 4.64. The summed E-state index contributed by atoms with van der Waals surface area (Å²) >= 11 is 10.8. The molecule has 7 heteroatoms. The van der Waals surface area contributed by atoms with Crippen LogP contribution in [0, 0.1) is 12.7 Å². The van der Waals surface area contributed by atoms with Gasteiger partial charge in [-0.25, -0.2) is 14.4 Å². The van der Waals surface area contributed by atoms with Crippen LogP contribution in [-0.4, -0.2) is 14.5 Å². The summed E-state index contributed by atoms with van der Waals surface area (Å²) in [7, 11) is 0. The minimum Gasteiger partial charge on any atom is -0.321 e. The van der Waals surface area contributed by atoms with Gasteiger partial charge in [0.25, 0.3) is 0 Å². The number of imidazole rings is 1. The van der Waals surface area contributed by atoms with E-state index in [-0.39, 0.29) is 11.7 Å². The van der Waals surface area contributed by atoms with E-state index in [9.17, 15) is 4.39 Å². The maximum absolute atomic E-state index is 13.6. The van der Waals surface area contributed by atoms with Gasteiger partial charge >= 0.3 is 0 Å². The number of hydrogen-bond acceptors (Lipinski definition) is 3. The highest BCUT2D eigenvalue weighted by Crippen LogP contribution is 2.26. The molecule has 3 rings (SSSR count). The molecular weight excluding hydrogens is 365 g/mol. The van der Waals surface area contributed by atoms with E-state index in [1.807, 2.05) is 16.9 Å². The number of rotatable bonds is 3. The van der Waals surface area contributed by atoms with Gasteiger partial charge in [0.2, 0.25) is 0 Å². The molecule has 104 valence electrons. The summed E-state index contributed by atoms with van der Waals surface area (Å²) in [6.45, 7) is 2.55. The van der Waals surface area contributed by atoms with E-state index in [1.165, 1.54) is 6.07 Å². The molecule has 0 aliphatic heterocycles. The maximum Gasteiger partial charge on any atom is 0.139 e. The van der Waals surface area contributed by atoms with Crippen molar-refractivity contribution >= 4 is 49.9 Å². The molecule has 0 radical (unpaired) electrons. The van der Waals surface area contributed by atoms with E-state index in [4.69, 9.17) is 11.6 Å². The molecule has 0 saturated heterocycles. The largest absolute Gasteiger partial charge is 0.321 e. The van der Waals surface area contributed by atoms with E-state index in [1.54, 1.807) is 17.4 Å². The molecule has 20 heavy (non-hydrogen) atoms. The van der Waals surface area contributed by atoms with Crippen LogP contribution in [0.5, 0.6) is 0 Å². The first kappa shape index (κ1) is 14.0. The molecule has 0 amide bonds. The number of thiazole rings is 1. The molecule has 3 nitrogen and oxygen atoms in total. The van der Waals surface area contributed by atoms with Gasteiger partial charge in [0, 0.05) is 11.4 Å². The van der Waals surface area contributed by atoms with E-state index in [0.29, 0.717) is 22.4 Å². The average Bonchev–Trinajstić information content (AvgIpc) is 2.96. The molecule has 0 unspecified atom stereocenters. The maximum atomic E-state index is 13.6. The fraction of sp³-hybridized carbons (Fsp3) is 0.231. The fourth-order valence-corrected chi connectivity index (χ4v) is 3.23. The van der Waals surface area contributed by atoms with E-state index in [2.05, 4.69) is 25.9 Å². The molecule has 0 atom stereocenters. The molecule has 0 aliphatic carbocycles. The zero-order chi connectivity index (χ0) is 14.3. The van der Waals surface area contributed by atoms with Crippen LogP contribution in [0.4, 0.5) is 4.39 Å². The number of fused-ring (bicyclic) bond motifs is 1. The van der Waals surface area contributed by atoms with E-state index >= 15 is 0 Å². The van der Waals surface area contributed by atoms with Crippen LogP contribution < -0.4 is 0 Å². The first-order valence-electron chi connectivity index (χ1n) is 5.89. The van der Waals surface area contributed by atoms with Gasteiger partial charge in [-0.1, -0.05) is 0 Å². The molecule has 0 N–H and O–H groups in total. The molecule has 0 saturated carbocycles. The number of hydrogen-bond donors (Lipinski definition) is 0. The Kier molecular flexibility index (Phi) is 3.79. The van der Waals surface area contributed by atoms with Crippen LogP contribution in [0.1, 0.15) is 16.5 Å². The third kappa shape index (κ3) is 2.47. The third-order valence-electron chi connectivity index (χ3n) is 2.98. The van der Waals surface area contributed by atoms with Crippen LogP contribution in [0.15, 0.2) is 22.0 Å². The van der Waals surface area contributed by atoms with Crippen LogP contribution in [0.2, 0.25) is 0 Å². The summed E-state index contributed by atoms with van der Waals surface area (Å²) in [6.07, 6.45) is 0. The summed E-state index contributed by atoms with van der Waals surface area (Å²) in [5.41, 5.74) is 2.41. The number of halogens is 3. The summed E-state index contributed by atoms with van der Waals surface area (Å²) in [5.74, 6) is 0.662. The lowest BCUT2D eigenvalue weighted by atomic mass is 10.3. The topological polar surface area (TPSA) is 30.7 Å². The highest BCUT2D eigenvalue weighted by molar-refractivity contribution is 9.10. The van der Waals surface area contributed by atoms with Gasteiger partial charge in [-0.15, -0.1) is 22.9 Å². The Morgan fingerprint density at radius 1 is 1.40 bits per heavy atom. The second-order valence-corrected chi connectivity index (χ2v) is 6.54. The second kappa shape index (κ2) is 5.42. The highest BCUT2D eigenvalue weighted by Gasteiger charge is 2.14. The summed E-state index contributed by atoms with van der Waals surface area (Å²) in [6, 6.07) is 3.14. The number of alkyl halides is 1. The van der Waals surface area contributed by atoms with Gasteiger partial charge in [-0.2, -0.15) is 0 Å². The zero-order valence-electron chi connectivity index (χ0n) is 10.5. The highest BCUT2D eigenvalue weighted by atomic mass is 79.9. The lowest BCUT2D eigenvalue weighted by Gasteiger charge is -2.06. The number of nitrogens with zero attached hydrogens (tertiary/aromatic N) is 3. The van der Waals surface area contributed by atoms with Crippen molar-refractivity contribution in [2.75, 3.05) is 0 Å². The van der Waals surface area contributed by atoms with Crippen molar-refractivity contribution in [2.24, 2.45) is 0 Å². The normalized spacial score (nSPS) is 11.4. The molecule has 0 spiro atoms. The Bertz CT molecular complexity index is 783. The molecule has 2 heterocycles. The molecule has 0 aliphatic rings. The summed E-state index contributed by atoms with van der Waals surface area (Å²) < 4.78 is 16.0. The molecule has 0 fully saturated rings. The van der Waals surface area contributed by atoms with Crippen molar-refractivity contribution in [3.05, 3.63) is 44.3 Å². The predicted molar refractivity (Wildman–Crippen MR) is 82.9 cm³/mol. The number of aryl methyl sites for hydroxylation is 1. The smallest absolute Gasteiger partial charge is 0.139 e. The number of aromatic nitrogens is 3. The van der Waals surface area contributed by atoms with Crippen molar-refractivity contribution in [1.82, 2.24) is 14.5 Å².